The molecular formula is C23H17I2N3O2S. The predicted molar refractivity (Wildman–Crippen MR) is 144 cm³/mol. The Kier molecular flexibility index (Phi) is 6.58. The molecule has 0 spiro atoms. The normalized spacial score (nSPS) is 10.8. The van der Waals surface area contributed by atoms with Crippen LogP contribution in [0.1, 0.15) is 21.5 Å². The molecule has 1 heterocycles. The van der Waals surface area contributed by atoms with Gasteiger partial charge in [-0.15, -0.1) is 0 Å². The van der Waals surface area contributed by atoms with Crippen molar-refractivity contribution in [3.05, 3.63) is 78.4 Å². The summed E-state index contributed by atoms with van der Waals surface area (Å²) in [4.78, 5) is 17.2. The Balaban J connectivity index is 1.50. The van der Waals surface area contributed by atoms with E-state index in [2.05, 4.69) is 86.8 Å². The number of hydrogen-bond acceptors (Lipinski definition) is 4. The van der Waals surface area contributed by atoms with Gasteiger partial charge in [0.25, 0.3) is 5.91 Å². The van der Waals surface area contributed by atoms with Crippen LogP contribution in [0.3, 0.4) is 0 Å². The first kappa shape index (κ1) is 22.2. The van der Waals surface area contributed by atoms with Gasteiger partial charge in [0.2, 0.25) is 5.89 Å². The van der Waals surface area contributed by atoms with Gasteiger partial charge in [-0.3, -0.25) is 10.1 Å². The number of fused-ring (bicyclic) bond motifs is 1. The van der Waals surface area contributed by atoms with Gasteiger partial charge in [-0.2, -0.15) is 0 Å². The Morgan fingerprint density at radius 1 is 1.00 bits per heavy atom. The summed E-state index contributed by atoms with van der Waals surface area (Å²) in [5.74, 6) is 0.319. The number of amides is 1. The van der Waals surface area contributed by atoms with Crippen molar-refractivity contribution in [3.63, 3.8) is 0 Å². The van der Waals surface area contributed by atoms with E-state index in [1.165, 1.54) is 11.1 Å². The second-order valence-electron chi connectivity index (χ2n) is 7.03. The van der Waals surface area contributed by atoms with Crippen LogP contribution in [0.25, 0.3) is 22.6 Å². The number of thiocarbonyl (C=S) groups is 1. The van der Waals surface area contributed by atoms with Crippen LogP contribution < -0.4 is 10.6 Å². The van der Waals surface area contributed by atoms with Gasteiger partial charge in [-0.1, -0.05) is 6.07 Å². The number of aromatic nitrogens is 1. The van der Waals surface area contributed by atoms with Crippen molar-refractivity contribution in [2.45, 2.75) is 13.8 Å². The molecule has 8 heteroatoms. The highest BCUT2D eigenvalue weighted by Gasteiger charge is 2.13. The molecule has 3 aromatic carbocycles. The molecule has 1 aromatic heterocycles. The Morgan fingerprint density at radius 2 is 1.81 bits per heavy atom. The van der Waals surface area contributed by atoms with E-state index < -0.39 is 0 Å². The molecule has 4 aromatic rings. The molecule has 0 radical (unpaired) electrons. The van der Waals surface area contributed by atoms with E-state index in [4.69, 9.17) is 16.6 Å². The number of aryl methyl sites for hydroxylation is 2. The Bertz CT molecular complexity index is 1330. The lowest BCUT2D eigenvalue weighted by atomic mass is 10.1. The number of rotatable bonds is 3. The van der Waals surface area contributed by atoms with Gasteiger partial charge in [0, 0.05) is 18.4 Å². The first-order valence-corrected chi connectivity index (χ1v) is 11.9. The lowest BCUT2D eigenvalue weighted by Crippen LogP contribution is -2.34. The molecule has 2 N–H and O–H groups in total. The number of benzene rings is 3. The minimum Gasteiger partial charge on any atom is -0.436 e. The van der Waals surface area contributed by atoms with Crippen molar-refractivity contribution >= 4 is 85.2 Å². The van der Waals surface area contributed by atoms with E-state index in [9.17, 15) is 4.79 Å². The number of halogens is 2. The minimum absolute atomic E-state index is 0.219. The maximum absolute atomic E-state index is 12.6. The van der Waals surface area contributed by atoms with E-state index in [-0.39, 0.29) is 11.0 Å². The van der Waals surface area contributed by atoms with E-state index >= 15 is 0 Å². The molecule has 0 aliphatic carbocycles. The molecular weight excluding hydrogens is 636 g/mol. The molecule has 0 saturated heterocycles. The van der Waals surface area contributed by atoms with Crippen LogP contribution in [-0.2, 0) is 0 Å². The number of carbonyl (C=O) groups is 1. The molecule has 31 heavy (non-hydrogen) atoms. The fourth-order valence-corrected chi connectivity index (χ4v) is 4.29. The molecule has 1 amide bonds. The number of carbonyl (C=O) groups excluding carboxylic acids is 1. The third-order valence-electron chi connectivity index (χ3n) is 4.80. The van der Waals surface area contributed by atoms with E-state index in [1.807, 2.05) is 42.5 Å². The summed E-state index contributed by atoms with van der Waals surface area (Å²) in [6.45, 7) is 4.14. The highest BCUT2D eigenvalue weighted by atomic mass is 127. The van der Waals surface area contributed by atoms with E-state index in [0.717, 1.165) is 18.4 Å². The minimum atomic E-state index is -0.250. The van der Waals surface area contributed by atoms with Gasteiger partial charge >= 0.3 is 0 Å². The third kappa shape index (κ3) is 5.07. The second kappa shape index (κ2) is 9.21. The highest BCUT2D eigenvalue weighted by Crippen LogP contribution is 2.27. The van der Waals surface area contributed by atoms with Crippen molar-refractivity contribution in [2.24, 2.45) is 0 Å². The zero-order valence-corrected chi connectivity index (χ0v) is 21.8. The summed E-state index contributed by atoms with van der Waals surface area (Å²) >= 11 is 9.64. The summed E-state index contributed by atoms with van der Waals surface area (Å²) in [6.07, 6.45) is 0. The maximum atomic E-state index is 12.6. The van der Waals surface area contributed by atoms with Gasteiger partial charge in [0.1, 0.15) is 5.52 Å². The summed E-state index contributed by atoms with van der Waals surface area (Å²) in [7, 11) is 0. The summed E-state index contributed by atoms with van der Waals surface area (Å²) in [6, 6.07) is 17.3. The van der Waals surface area contributed by atoms with Crippen LogP contribution in [0.2, 0.25) is 0 Å². The average Bonchev–Trinajstić information content (AvgIpc) is 3.15. The first-order valence-electron chi connectivity index (χ1n) is 9.36. The van der Waals surface area contributed by atoms with Gasteiger partial charge in [-0.05, 0) is 131 Å². The zero-order valence-electron chi connectivity index (χ0n) is 16.6. The number of oxazole rings is 1. The smallest absolute Gasteiger partial charge is 0.258 e. The van der Waals surface area contributed by atoms with Crippen LogP contribution >= 0.6 is 57.4 Å². The molecule has 4 rings (SSSR count). The van der Waals surface area contributed by atoms with Crippen LogP contribution in [0, 0.1) is 21.0 Å². The Labute approximate surface area is 212 Å². The SMILES string of the molecule is Cc1ccc(-c2nc3cc(NC(=S)NC(=O)c4cc(I)ccc4I)ccc3o2)cc1C. The molecule has 0 aliphatic rings. The molecule has 0 bridgehead atoms. The van der Waals surface area contributed by atoms with Crippen LogP contribution in [0.5, 0.6) is 0 Å². The molecule has 0 saturated carbocycles. The number of nitrogens with zero attached hydrogens (tertiary/aromatic N) is 1. The summed E-state index contributed by atoms with van der Waals surface area (Å²) in [5, 5.41) is 6.00. The van der Waals surface area contributed by atoms with E-state index in [0.29, 0.717) is 22.6 Å². The molecule has 0 unspecified atom stereocenters. The molecule has 0 atom stereocenters. The van der Waals surface area contributed by atoms with Crippen molar-refractivity contribution in [3.8, 4) is 11.5 Å². The third-order valence-corrected chi connectivity index (χ3v) is 6.62. The fraction of sp³-hybridized carbons (Fsp3) is 0.0870. The van der Waals surface area contributed by atoms with Gasteiger partial charge in [-0.25, -0.2) is 4.98 Å². The Hall–Kier alpha value is -2.05. The van der Waals surface area contributed by atoms with Crippen LogP contribution in [0.4, 0.5) is 5.69 Å². The van der Waals surface area contributed by atoms with Gasteiger partial charge in [0.15, 0.2) is 10.7 Å². The van der Waals surface area contributed by atoms with Crippen LogP contribution in [-0.4, -0.2) is 16.0 Å². The van der Waals surface area contributed by atoms with Crippen molar-refractivity contribution < 1.29 is 9.21 Å². The zero-order chi connectivity index (χ0) is 22.1. The quantitative estimate of drug-likeness (QED) is 0.197. The summed E-state index contributed by atoms with van der Waals surface area (Å²) < 4.78 is 7.76. The largest absolute Gasteiger partial charge is 0.436 e. The number of hydrogen-bond donors (Lipinski definition) is 2. The van der Waals surface area contributed by atoms with Crippen LogP contribution in [0.15, 0.2) is 59.0 Å². The Morgan fingerprint density at radius 3 is 2.58 bits per heavy atom. The molecule has 156 valence electrons. The summed E-state index contributed by atoms with van der Waals surface area (Å²) in [5.41, 5.74) is 6.04. The molecule has 0 fully saturated rings. The predicted octanol–water partition coefficient (Wildman–Crippen LogP) is 6.45. The molecule has 5 nitrogen and oxygen atoms in total. The van der Waals surface area contributed by atoms with E-state index in [1.54, 1.807) is 0 Å². The standard InChI is InChI=1S/C23H17I2N3O2S/c1-12-3-4-14(9-13(12)2)22-27-19-11-16(6-8-20(19)30-22)26-23(31)28-21(29)17-10-15(24)5-7-18(17)25/h3-11H,1-2H3,(H2,26,28,29,31). The number of nitrogens with one attached hydrogen (secondary N) is 2. The fourth-order valence-electron chi connectivity index (χ4n) is 3.01. The topological polar surface area (TPSA) is 67.2 Å². The molecule has 0 aliphatic heterocycles. The van der Waals surface area contributed by atoms with Crippen molar-refractivity contribution in [2.75, 3.05) is 5.32 Å². The number of anilines is 1. The first-order chi connectivity index (χ1) is 14.8. The van der Waals surface area contributed by atoms with Crippen molar-refractivity contribution in [1.29, 1.82) is 0 Å². The highest BCUT2D eigenvalue weighted by molar-refractivity contribution is 14.1. The monoisotopic (exact) mass is 653 g/mol. The van der Waals surface area contributed by atoms with Crippen molar-refractivity contribution in [1.82, 2.24) is 10.3 Å². The second-order valence-corrected chi connectivity index (χ2v) is 9.85. The maximum Gasteiger partial charge on any atom is 0.258 e. The average molecular weight is 653 g/mol. The van der Waals surface area contributed by atoms with Gasteiger partial charge < -0.3 is 9.73 Å². The lowest BCUT2D eigenvalue weighted by molar-refractivity contribution is 0.0977. The van der Waals surface area contributed by atoms with Gasteiger partial charge in [0.05, 0.1) is 5.56 Å². The lowest BCUT2D eigenvalue weighted by Gasteiger charge is -2.10.